The molecule has 0 amide bonds. The number of fused-ring (bicyclic) bond motifs is 5. The van der Waals surface area contributed by atoms with Crippen molar-refractivity contribution in [2.75, 3.05) is 4.90 Å². The van der Waals surface area contributed by atoms with Gasteiger partial charge in [0.25, 0.3) is 0 Å². The summed E-state index contributed by atoms with van der Waals surface area (Å²) in [5.41, 5.74) is 2.27. The van der Waals surface area contributed by atoms with Crippen LogP contribution in [-0.2, 0) is 4.79 Å². The van der Waals surface area contributed by atoms with E-state index >= 15 is 0 Å². The molecule has 5 heteroatoms. The number of Topliss-reactive ketones (excluding diaryl/α,β-unsaturated/α-hetero) is 3. The molecule has 0 saturated carbocycles. The summed E-state index contributed by atoms with van der Waals surface area (Å²) in [6.45, 7) is 7.70. The number of aryl methyl sites for hydroxylation is 1. The van der Waals surface area contributed by atoms with Gasteiger partial charge in [0.2, 0.25) is 0 Å². The fourth-order valence-electron chi connectivity index (χ4n) is 6.54. The highest BCUT2D eigenvalue weighted by Gasteiger charge is 2.71. The lowest BCUT2D eigenvalue weighted by molar-refractivity contribution is -0.127. The van der Waals surface area contributed by atoms with Gasteiger partial charge in [-0.2, -0.15) is 0 Å². The molecular weight excluding hydrogens is 482 g/mol. The van der Waals surface area contributed by atoms with Crippen LogP contribution in [0.5, 0.6) is 0 Å². The maximum atomic E-state index is 14.5. The molecule has 6 rings (SSSR count). The third-order valence-corrected chi connectivity index (χ3v) is 8.45. The van der Waals surface area contributed by atoms with Gasteiger partial charge in [-0.3, -0.25) is 14.4 Å². The van der Waals surface area contributed by atoms with Crippen LogP contribution in [0.4, 0.5) is 5.69 Å². The van der Waals surface area contributed by atoms with Crippen molar-refractivity contribution < 1.29 is 14.4 Å². The number of nitrogens with zero attached hydrogens (tertiary/aromatic N) is 1. The average Bonchev–Trinajstić information content (AvgIpc) is 3.29. The Balaban J connectivity index is 1.70. The van der Waals surface area contributed by atoms with Gasteiger partial charge in [-0.25, -0.2) is 0 Å². The van der Waals surface area contributed by atoms with Crippen LogP contribution in [0.25, 0.3) is 6.08 Å². The topological polar surface area (TPSA) is 54.5 Å². The second-order valence-corrected chi connectivity index (χ2v) is 11.9. The SMILES string of the molecule is Cc1ccc([C@@H]2[C@@H](C(=O)C(C)(C)C)N3c4ccc(Cl)cc4C=C[C@@H]3C23C(=O)c2ccccc2C3=O)cc1. The summed E-state index contributed by atoms with van der Waals surface area (Å²) in [5.74, 6) is -1.09. The van der Waals surface area contributed by atoms with Crippen molar-refractivity contribution in [2.24, 2.45) is 10.8 Å². The zero-order valence-corrected chi connectivity index (χ0v) is 22.0. The molecule has 3 aromatic carbocycles. The first kappa shape index (κ1) is 23.9. The molecule has 3 atom stereocenters. The normalized spacial score (nSPS) is 23.3. The first-order valence-corrected chi connectivity index (χ1v) is 13.0. The largest absolute Gasteiger partial charge is 0.352 e. The van der Waals surface area contributed by atoms with E-state index in [0.29, 0.717) is 16.1 Å². The summed E-state index contributed by atoms with van der Waals surface area (Å²) >= 11 is 6.33. The van der Waals surface area contributed by atoms with Crippen molar-refractivity contribution in [3.8, 4) is 0 Å². The minimum Gasteiger partial charge on any atom is -0.352 e. The maximum Gasteiger partial charge on any atom is 0.180 e. The number of benzene rings is 3. The predicted molar refractivity (Wildman–Crippen MR) is 146 cm³/mol. The van der Waals surface area contributed by atoms with Gasteiger partial charge in [0.15, 0.2) is 17.3 Å². The smallest absolute Gasteiger partial charge is 0.180 e. The Morgan fingerprint density at radius 3 is 2.14 bits per heavy atom. The van der Waals surface area contributed by atoms with Crippen molar-refractivity contribution in [1.29, 1.82) is 0 Å². The van der Waals surface area contributed by atoms with E-state index < -0.39 is 28.8 Å². The lowest BCUT2D eigenvalue weighted by atomic mass is 9.63. The molecule has 1 spiro atoms. The highest BCUT2D eigenvalue weighted by molar-refractivity contribution is 6.32. The molecule has 1 fully saturated rings. The van der Waals surface area contributed by atoms with Crippen molar-refractivity contribution in [1.82, 2.24) is 0 Å². The van der Waals surface area contributed by atoms with E-state index in [1.165, 1.54) is 0 Å². The van der Waals surface area contributed by atoms with Crippen LogP contribution >= 0.6 is 11.6 Å². The fourth-order valence-corrected chi connectivity index (χ4v) is 6.72. The Kier molecular flexibility index (Phi) is 5.16. The van der Waals surface area contributed by atoms with E-state index in [2.05, 4.69) is 0 Å². The number of carbonyl (C=O) groups is 3. The van der Waals surface area contributed by atoms with Crippen LogP contribution in [0.15, 0.2) is 72.8 Å². The number of anilines is 1. The lowest BCUT2D eigenvalue weighted by Crippen LogP contribution is -2.49. The van der Waals surface area contributed by atoms with Gasteiger partial charge in [0.1, 0.15) is 5.41 Å². The van der Waals surface area contributed by atoms with Gasteiger partial charge >= 0.3 is 0 Å². The molecule has 0 bridgehead atoms. The zero-order valence-electron chi connectivity index (χ0n) is 21.3. The number of carbonyl (C=O) groups excluding carboxylic acids is 3. The van der Waals surface area contributed by atoms with Crippen LogP contribution < -0.4 is 4.90 Å². The molecule has 2 aliphatic heterocycles. The van der Waals surface area contributed by atoms with Crippen LogP contribution in [0.1, 0.15) is 64.1 Å². The van der Waals surface area contributed by atoms with Crippen LogP contribution in [0.3, 0.4) is 0 Å². The third-order valence-electron chi connectivity index (χ3n) is 8.21. The van der Waals surface area contributed by atoms with E-state index in [0.717, 1.165) is 22.4 Å². The molecule has 1 aliphatic carbocycles. The number of hydrogen-bond donors (Lipinski definition) is 0. The van der Waals surface area contributed by atoms with Crippen LogP contribution in [0.2, 0.25) is 5.02 Å². The number of ketones is 3. The first-order chi connectivity index (χ1) is 17.6. The molecular formula is C32H28ClNO3. The minimum absolute atomic E-state index is 0.00675. The number of halogens is 1. The van der Waals surface area contributed by atoms with Gasteiger partial charge in [0.05, 0.1) is 12.1 Å². The Labute approximate surface area is 221 Å². The van der Waals surface area contributed by atoms with Gasteiger partial charge in [-0.15, -0.1) is 0 Å². The summed E-state index contributed by atoms with van der Waals surface area (Å²) in [6.07, 6.45) is 3.86. The predicted octanol–water partition coefficient (Wildman–Crippen LogP) is 6.70. The van der Waals surface area contributed by atoms with E-state index in [1.54, 1.807) is 30.3 Å². The third kappa shape index (κ3) is 3.18. The standard InChI is InChI=1S/C32H28ClNO3/c1-18-9-11-19(12-10-18)26-27(30(37)31(2,3)4)34-24-15-14-21(33)17-20(24)13-16-25(34)32(26)28(35)22-7-5-6-8-23(22)29(32)36/h5-17,25-27H,1-4H3/t25-,26-,27+/m1/s1. The van der Waals surface area contributed by atoms with Gasteiger partial charge < -0.3 is 4.90 Å². The van der Waals surface area contributed by atoms with Crippen molar-refractivity contribution in [3.63, 3.8) is 0 Å². The van der Waals surface area contributed by atoms with E-state index in [4.69, 9.17) is 11.6 Å². The molecule has 3 aliphatic rings. The Hall–Kier alpha value is -3.50. The summed E-state index contributed by atoms with van der Waals surface area (Å²) in [7, 11) is 0. The average molecular weight is 510 g/mol. The molecule has 2 heterocycles. The molecule has 0 radical (unpaired) electrons. The van der Waals surface area contributed by atoms with Gasteiger partial charge in [-0.05, 0) is 36.2 Å². The molecule has 0 N–H and O–H groups in total. The Morgan fingerprint density at radius 1 is 0.919 bits per heavy atom. The molecule has 0 aromatic heterocycles. The second-order valence-electron chi connectivity index (χ2n) is 11.4. The van der Waals surface area contributed by atoms with Crippen LogP contribution in [0, 0.1) is 17.8 Å². The highest BCUT2D eigenvalue weighted by atomic mass is 35.5. The first-order valence-electron chi connectivity index (χ1n) is 12.6. The fraction of sp³-hybridized carbons (Fsp3) is 0.281. The van der Waals surface area contributed by atoms with Gasteiger partial charge in [-0.1, -0.05) is 98.6 Å². The van der Waals surface area contributed by atoms with Crippen molar-refractivity contribution in [3.05, 3.63) is 106 Å². The number of hydrogen-bond acceptors (Lipinski definition) is 4. The van der Waals surface area contributed by atoms with Crippen molar-refractivity contribution >= 4 is 40.7 Å². The van der Waals surface area contributed by atoms with E-state index in [-0.39, 0.29) is 17.3 Å². The number of rotatable bonds is 2. The highest BCUT2D eigenvalue weighted by Crippen LogP contribution is 2.61. The summed E-state index contributed by atoms with van der Waals surface area (Å²) in [6, 6.07) is 19.2. The molecule has 4 nitrogen and oxygen atoms in total. The molecule has 1 saturated heterocycles. The monoisotopic (exact) mass is 509 g/mol. The Morgan fingerprint density at radius 2 is 1.54 bits per heavy atom. The second kappa shape index (κ2) is 8.00. The Bertz CT molecular complexity index is 1480. The summed E-state index contributed by atoms with van der Waals surface area (Å²) in [5, 5.41) is 0.588. The lowest BCUT2D eigenvalue weighted by Gasteiger charge is -2.38. The quantitative estimate of drug-likeness (QED) is 0.361. The molecule has 3 aromatic rings. The minimum atomic E-state index is -1.46. The summed E-state index contributed by atoms with van der Waals surface area (Å²) < 4.78 is 0. The van der Waals surface area contributed by atoms with Crippen LogP contribution in [-0.4, -0.2) is 29.4 Å². The molecule has 186 valence electrons. The molecule has 37 heavy (non-hydrogen) atoms. The zero-order chi connectivity index (χ0) is 26.3. The van der Waals surface area contributed by atoms with E-state index in [9.17, 15) is 14.4 Å². The maximum absolute atomic E-state index is 14.5. The van der Waals surface area contributed by atoms with E-state index in [1.807, 2.05) is 81.1 Å². The van der Waals surface area contributed by atoms with Gasteiger partial charge in [0, 0.05) is 33.2 Å². The summed E-state index contributed by atoms with van der Waals surface area (Å²) in [4.78, 5) is 45.4. The van der Waals surface area contributed by atoms with Crippen molar-refractivity contribution in [2.45, 2.75) is 45.7 Å². The molecule has 0 unspecified atom stereocenters.